The van der Waals surface area contributed by atoms with Gasteiger partial charge in [-0.05, 0) is 25.8 Å². The second-order valence-corrected chi connectivity index (χ2v) is 7.11. The van der Waals surface area contributed by atoms with Crippen molar-refractivity contribution in [3.05, 3.63) is 28.3 Å². The zero-order valence-electron chi connectivity index (χ0n) is 11.6. The molecule has 0 spiro atoms. The molecule has 9 heteroatoms. The van der Waals surface area contributed by atoms with Crippen molar-refractivity contribution in [3.63, 3.8) is 0 Å². The van der Waals surface area contributed by atoms with Gasteiger partial charge in [-0.3, -0.25) is 16.0 Å². The van der Waals surface area contributed by atoms with Crippen molar-refractivity contribution in [2.45, 2.75) is 43.0 Å². The van der Waals surface area contributed by atoms with E-state index in [1.807, 2.05) is 6.92 Å². The van der Waals surface area contributed by atoms with E-state index < -0.39 is 20.5 Å². The summed E-state index contributed by atoms with van der Waals surface area (Å²) in [5.74, 6) is 5.30. The topological polar surface area (TPSA) is 127 Å². The van der Waals surface area contributed by atoms with Gasteiger partial charge in [0.05, 0.1) is 10.6 Å². The number of nitrogens with two attached hydrogens (primary N) is 1. The molecule has 1 aromatic carbocycles. The summed E-state index contributed by atoms with van der Waals surface area (Å²) in [7, 11) is -3.90. The molecule has 0 radical (unpaired) electrons. The van der Waals surface area contributed by atoms with Crippen molar-refractivity contribution in [2.75, 3.05) is 5.43 Å². The number of rotatable bonds is 5. The lowest BCUT2D eigenvalue weighted by molar-refractivity contribution is -0.385. The average molecular weight is 314 g/mol. The van der Waals surface area contributed by atoms with Gasteiger partial charge in [0.1, 0.15) is 4.90 Å². The monoisotopic (exact) mass is 314 g/mol. The SMILES string of the molecule is CC1(NS(=O)(=O)c2cc([N+](=O)[O-])ccc2NN)CCCC1. The molecule has 0 bridgehead atoms. The van der Waals surface area contributed by atoms with Gasteiger partial charge in [0.25, 0.3) is 5.69 Å². The summed E-state index contributed by atoms with van der Waals surface area (Å²) in [6, 6.07) is 3.49. The highest BCUT2D eigenvalue weighted by Crippen LogP contribution is 2.32. The van der Waals surface area contributed by atoms with Crippen LogP contribution >= 0.6 is 0 Å². The summed E-state index contributed by atoms with van der Waals surface area (Å²) < 4.78 is 27.7. The quantitative estimate of drug-likeness (QED) is 0.429. The Morgan fingerprint density at radius 1 is 1.33 bits per heavy atom. The third kappa shape index (κ3) is 3.31. The van der Waals surface area contributed by atoms with Gasteiger partial charge in [-0.1, -0.05) is 12.8 Å². The first kappa shape index (κ1) is 15.7. The molecule has 1 aliphatic carbocycles. The van der Waals surface area contributed by atoms with Gasteiger partial charge in [0.15, 0.2) is 0 Å². The van der Waals surface area contributed by atoms with Crippen LogP contribution in [0, 0.1) is 10.1 Å². The molecule has 1 saturated carbocycles. The van der Waals surface area contributed by atoms with E-state index in [9.17, 15) is 18.5 Å². The number of sulfonamides is 1. The first-order chi connectivity index (χ1) is 9.77. The Morgan fingerprint density at radius 2 is 1.95 bits per heavy atom. The number of hydrazine groups is 1. The Morgan fingerprint density at radius 3 is 2.48 bits per heavy atom. The lowest BCUT2D eigenvalue weighted by atomic mass is 10.0. The Kier molecular flexibility index (Phi) is 4.17. The van der Waals surface area contributed by atoms with Crippen LogP contribution in [0.4, 0.5) is 11.4 Å². The number of nitrogen functional groups attached to an aromatic ring is 1. The number of hydrogen-bond donors (Lipinski definition) is 3. The molecule has 0 saturated heterocycles. The largest absolute Gasteiger partial charge is 0.323 e. The van der Waals surface area contributed by atoms with Gasteiger partial charge in [-0.25, -0.2) is 13.1 Å². The summed E-state index contributed by atoms with van der Waals surface area (Å²) in [4.78, 5) is 9.97. The lowest BCUT2D eigenvalue weighted by Gasteiger charge is -2.25. The van der Waals surface area contributed by atoms with Crippen molar-refractivity contribution in [1.29, 1.82) is 0 Å². The molecule has 0 aromatic heterocycles. The van der Waals surface area contributed by atoms with Gasteiger partial charge in [-0.15, -0.1) is 0 Å². The molecule has 8 nitrogen and oxygen atoms in total. The highest BCUT2D eigenvalue weighted by Gasteiger charge is 2.35. The average Bonchev–Trinajstić information content (AvgIpc) is 2.83. The number of benzene rings is 1. The Labute approximate surface area is 122 Å². The zero-order valence-corrected chi connectivity index (χ0v) is 12.4. The minimum Gasteiger partial charge on any atom is -0.323 e. The molecule has 4 N–H and O–H groups in total. The number of nitro groups is 1. The highest BCUT2D eigenvalue weighted by atomic mass is 32.2. The summed E-state index contributed by atoms with van der Waals surface area (Å²) in [6.07, 6.45) is 3.39. The minimum atomic E-state index is -3.90. The van der Waals surface area contributed by atoms with Gasteiger partial charge in [-0.2, -0.15) is 0 Å². The fraction of sp³-hybridized carbons (Fsp3) is 0.500. The van der Waals surface area contributed by atoms with Crippen molar-refractivity contribution in [2.24, 2.45) is 5.84 Å². The Bertz CT molecular complexity index is 653. The van der Waals surface area contributed by atoms with Gasteiger partial charge < -0.3 is 5.43 Å². The fourth-order valence-corrected chi connectivity index (χ4v) is 4.26. The van der Waals surface area contributed by atoms with E-state index in [1.165, 1.54) is 12.1 Å². The minimum absolute atomic E-state index is 0.120. The molecule has 21 heavy (non-hydrogen) atoms. The molecule has 0 heterocycles. The van der Waals surface area contributed by atoms with Crippen molar-refractivity contribution in [1.82, 2.24) is 4.72 Å². The van der Waals surface area contributed by atoms with Crippen molar-refractivity contribution < 1.29 is 13.3 Å². The van der Waals surface area contributed by atoms with E-state index in [2.05, 4.69) is 10.1 Å². The summed E-state index contributed by atoms with van der Waals surface area (Å²) in [6.45, 7) is 1.84. The first-order valence-corrected chi connectivity index (χ1v) is 8.05. The zero-order chi connectivity index (χ0) is 15.7. The maximum Gasteiger partial charge on any atom is 0.270 e. The van der Waals surface area contributed by atoms with Crippen LogP contribution in [0.3, 0.4) is 0 Å². The second-order valence-electron chi connectivity index (χ2n) is 5.46. The van der Waals surface area contributed by atoms with E-state index >= 15 is 0 Å². The van der Waals surface area contributed by atoms with Gasteiger partial charge in [0, 0.05) is 17.7 Å². The molecule has 116 valence electrons. The molecule has 0 unspecified atom stereocenters. The van der Waals surface area contributed by atoms with Crippen LogP contribution < -0.4 is 16.0 Å². The number of non-ortho nitro benzene ring substituents is 1. The fourth-order valence-electron chi connectivity index (χ4n) is 2.60. The first-order valence-electron chi connectivity index (χ1n) is 6.56. The van der Waals surface area contributed by atoms with E-state index in [0.29, 0.717) is 0 Å². The van der Waals surface area contributed by atoms with E-state index in [-0.39, 0.29) is 16.3 Å². The predicted octanol–water partition coefficient (Wildman–Crippen LogP) is 1.49. The molecular weight excluding hydrogens is 296 g/mol. The van der Waals surface area contributed by atoms with Gasteiger partial charge in [0.2, 0.25) is 10.0 Å². The standard InChI is InChI=1S/C12H18N4O4S/c1-12(6-2-3-7-12)15-21(19,20)11-8-9(16(17)18)4-5-10(11)14-13/h4-5,8,14-15H,2-3,6-7,13H2,1H3. The van der Waals surface area contributed by atoms with Crippen LogP contribution in [-0.4, -0.2) is 18.9 Å². The number of nitrogens with zero attached hydrogens (tertiary/aromatic N) is 1. The molecule has 0 atom stereocenters. The van der Waals surface area contributed by atoms with Gasteiger partial charge >= 0.3 is 0 Å². The summed E-state index contributed by atoms with van der Waals surface area (Å²) in [5.41, 5.74) is 1.56. The van der Waals surface area contributed by atoms with Crippen LogP contribution in [-0.2, 0) is 10.0 Å². The molecule has 0 aliphatic heterocycles. The molecule has 0 amide bonds. The predicted molar refractivity (Wildman–Crippen MR) is 78.1 cm³/mol. The smallest absolute Gasteiger partial charge is 0.270 e. The molecule has 1 fully saturated rings. The Balaban J connectivity index is 2.42. The molecule has 1 aromatic rings. The molecular formula is C12H18N4O4S. The van der Waals surface area contributed by atoms with Crippen LogP contribution in [0.5, 0.6) is 0 Å². The highest BCUT2D eigenvalue weighted by molar-refractivity contribution is 7.89. The second kappa shape index (κ2) is 5.58. The van der Waals surface area contributed by atoms with E-state index in [4.69, 9.17) is 5.84 Å². The number of nitro benzene ring substituents is 1. The Hall–Kier alpha value is -1.71. The third-order valence-corrected chi connectivity index (χ3v) is 5.39. The maximum absolute atomic E-state index is 12.5. The maximum atomic E-state index is 12.5. The number of nitrogens with one attached hydrogen (secondary N) is 2. The molecule has 2 rings (SSSR count). The van der Waals surface area contributed by atoms with E-state index in [0.717, 1.165) is 31.7 Å². The summed E-state index contributed by atoms with van der Waals surface area (Å²) in [5, 5.41) is 10.8. The van der Waals surface area contributed by atoms with Crippen LogP contribution in [0.25, 0.3) is 0 Å². The van der Waals surface area contributed by atoms with E-state index in [1.54, 1.807) is 0 Å². The summed E-state index contributed by atoms with van der Waals surface area (Å²) >= 11 is 0. The normalized spacial score (nSPS) is 17.6. The van der Waals surface area contributed by atoms with Crippen molar-refractivity contribution in [3.8, 4) is 0 Å². The number of hydrogen-bond acceptors (Lipinski definition) is 6. The number of anilines is 1. The van der Waals surface area contributed by atoms with Crippen LogP contribution in [0.1, 0.15) is 32.6 Å². The van der Waals surface area contributed by atoms with Crippen LogP contribution in [0.2, 0.25) is 0 Å². The lowest BCUT2D eigenvalue weighted by Crippen LogP contribution is -2.43. The third-order valence-electron chi connectivity index (χ3n) is 3.71. The van der Waals surface area contributed by atoms with Crippen LogP contribution in [0.15, 0.2) is 23.1 Å². The van der Waals surface area contributed by atoms with Crippen molar-refractivity contribution >= 4 is 21.4 Å². The molecule has 1 aliphatic rings.